The molecule has 0 aliphatic heterocycles. The third-order valence-electron chi connectivity index (χ3n) is 1.06. The quantitative estimate of drug-likeness (QED) is 0.246. The first kappa shape index (κ1) is 13.5. The largest absolute Gasteiger partial charge is 0.282 e. The second-order valence-corrected chi connectivity index (χ2v) is 4.12. The lowest BCUT2D eigenvalue weighted by atomic mass is 10.3. The number of alkyl halides is 1. The number of rotatable bonds is 4. The minimum absolute atomic E-state index is 0.214. The molecule has 0 unspecified atom stereocenters. The summed E-state index contributed by atoms with van der Waals surface area (Å²) in [6, 6.07) is 0. The van der Waals surface area contributed by atoms with Crippen LogP contribution in [0.15, 0.2) is 34.4 Å². The Bertz CT molecular complexity index is 281. The van der Waals surface area contributed by atoms with Crippen molar-refractivity contribution in [3.05, 3.63) is 34.4 Å². The van der Waals surface area contributed by atoms with E-state index in [0.717, 1.165) is 0 Å². The first-order valence-corrected chi connectivity index (χ1v) is 5.54. The normalized spacial score (nSPS) is 12.9. The second kappa shape index (κ2) is 6.87. The fourth-order valence-corrected chi connectivity index (χ4v) is 1.58. The summed E-state index contributed by atoms with van der Waals surface area (Å²) in [6.45, 7) is 3.49. The summed E-state index contributed by atoms with van der Waals surface area (Å²) in [5, 5.41) is 0.615. The molecule has 0 rings (SSSR count). The highest BCUT2D eigenvalue weighted by Gasteiger charge is 2.06. The highest BCUT2D eigenvalue weighted by Crippen LogP contribution is 2.20. The molecule has 0 saturated carbocycles. The van der Waals surface area contributed by atoms with Crippen LogP contribution in [0.5, 0.6) is 0 Å². The summed E-state index contributed by atoms with van der Waals surface area (Å²) < 4.78 is -0.214. The van der Waals surface area contributed by atoms with Crippen molar-refractivity contribution in [2.75, 3.05) is 5.88 Å². The number of hydrogen-bond acceptors (Lipinski definition) is 1. The van der Waals surface area contributed by atoms with Crippen molar-refractivity contribution >= 4 is 61.2 Å². The first-order valence-electron chi connectivity index (χ1n) is 3.17. The van der Waals surface area contributed by atoms with Crippen molar-refractivity contribution in [2.45, 2.75) is 0 Å². The third-order valence-corrected chi connectivity index (χ3v) is 2.47. The Morgan fingerprint density at radius 2 is 2.00 bits per heavy atom. The molecule has 72 valence electrons. The van der Waals surface area contributed by atoms with Crippen LogP contribution in [0.4, 0.5) is 0 Å². The maximum absolute atomic E-state index is 10.8. The lowest BCUT2D eigenvalue weighted by molar-refractivity contribution is -0.106. The summed E-state index contributed by atoms with van der Waals surface area (Å²) in [5.74, 6) is 0.296. The molecular weight excluding hydrogens is 345 g/mol. The molecule has 0 amide bonds. The summed E-state index contributed by atoms with van der Waals surface area (Å²) in [4.78, 5) is 10.8. The van der Waals surface area contributed by atoms with Crippen LogP contribution < -0.4 is 0 Å². The van der Waals surface area contributed by atoms with E-state index >= 15 is 0 Å². The van der Waals surface area contributed by atoms with Gasteiger partial charge in [-0.3, -0.25) is 4.79 Å². The molecule has 0 atom stereocenters. The summed E-state index contributed by atoms with van der Waals surface area (Å²) in [5.41, 5.74) is 0.225. The second-order valence-electron chi connectivity index (χ2n) is 1.99. The molecule has 0 aromatic rings. The fraction of sp³-hybridized carbons (Fsp3) is 0.125. The Morgan fingerprint density at radius 3 is 2.38 bits per heavy atom. The first-order chi connectivity index (χ1) is 5.99. The van der Waals surface area contributed by atoms with Crippen molar-refractivity contribution < 1.29 is 4.79 Å². The van der Waals surface area contributed by atoms with E-state index < -0.39 is 0 Å². The van der Waals surface area contributed by atoms with Gasteiger partial charge in [-0.1, -0.05) is 35.9 Å². The van der Waals surface area contributed by atoms with Crippen LogP contribution in [-0.4, -0.2) is 9.67 Å². The van der Waals surface area contributed by atoms with Gasteiger partial charge >= 0.3 is 0 Å². The Labute approximate surface area is 106 Å². The molecule has 0 aromatic carbocycles. The van der Waals surface area contributed by atoms with Gasteiger partial charge in [-0.15, -0.1) is 11.6 Å². The summed E-state index contributed by atoms with van der Waals surface area (Å²) >= 11 is 18.4. The van der Waals surface area contributed by atoms with Gasteiger partial charge in [-0.2, -0.15) is 0 Å². The van der Waals surface area contributed by atoms with Crippen LogP contribution >= 0.6 is 57.4 Å². The smallest absolute Gasteiger partial charge is 0.223 e. The van der Waals surface area contributed by atoms with Gasteiger partial charge in [0.05, 0.1) is 5.03 Å². The third kappa shape index (κ3) is 5.73. The number of allylic oxidation sites excluding steroid dienone is 5. The molecular formula is C8H6Cl3IO. The molecule has 0 spiro atoms. The van der Waals surface area contributed by atoms with Gasteiger partial charge in [0.2, 0.25) is 3.79 Å². The van der Waals surface area contributed by atoms with Crippen LogP contribution in [0.1, 0.15) is 0 Å². The van der Waals surface area contributed by atoms with Crippen molar-refractivity contribution in [2.24, 2.45) is 0 Å². The monoisotopic (exact) mass is 350 g/mol. The number of hydrogen-bond donors (Lipinski definition) is 0. The molecule has 13 heavy (non-hydrogen) atoms. The lowest BCUT2D eigenvalue weighted by Crippen LogP contribution is -1.90. The van der Waals surface area contributed by atoms with Crippen molar-refractivity contribution in [1.82, 2.24) is 0 Å². The molecule has 0 aliphatic rings. The van der Waals surface area contributed by atoms with Crippen LogP contribution in [0.2, 0.25) is 0 Å². The Hall–Kier alpha value is 0.490. The van der Waals surface area contributed by atoms with E-state index in [0.29, 0.717) is 10.9 Å². The number of carbonyl (C=O) groups is 1. The predicted octanol–water partition coefficient (Wildman–Crippen LogP) is 3.99. The molecule has 0 heterocycles. The predicted molar refractivity (Wildman–Crippen MR) is 66.8 cm³/mol. The maximum Gasteiger partial charge on any atom is 0.223 e. The summed E-state index contributed by atoms with van der Waals surface area (Å²) in [7, 11) is 0. The van der Waals surface area contributed by atoms with E-state index in [1.54, 1.807) is 28.7 Å². The van der Waals surface area contributed by atoms with E-state index in [-0.39, 0.29) is 14.4 Å². The van der Waals surface area contributed by atoms with Gasteiger partial charge in [0.15, 0.2) is 0 Å². The minimum atomic E-state index is -0.214. The lowest BCUT2D eigenvalue weighted by Gasteiger charge is -1.96. The van der Waals surface area contributed by atoms with Gasteiger partial charge in [0.25, 0.3) is 0 Å². The minimum Gasteiger partial charge on any atom is -0.282 e. The molecule has 5 heteroatoms. The summed E-state index contributed by atoms with van der Waals surface area (Å²) in [6.07, 6.45) is 3.00. The fourth-order valence-electron chi connectivity index (χ4n) is 0.435. The average molecular weight is 351 g/mol. The Kier molecular flexibility index (Phi) is 7.13. The Morgan fingerprint density at radius 1 is 1.46 bits per heavy atom. The zero-order valence-electron chi connectivity index (χ0n) is 6.49. The molecule has 0 fully saturated rings. The van der Waals surface area contributed by atoms with Gasteiger partial charge in [-0.25, -0.2) is 0 Å². The van der Waals surface area contributed by atoms with E-state index in [9.17, 15) is 4.79 Å². The molecule has 0 aliphatic carbocycles. The van der Waals surface area contributed by atoms with Crippen LogP contribution in [0.3, 0.4) is 0 Å². The van der Waals surface area contributed by atoms with Gasteiger partial charge in [-0.05, 0) is 6.08 Å². The molecule has 0 aromatic heterocycles. The van der Waals surface area contributed by atoms with Gasteiger partial charge in [0, 0.05) is 39.1 Å². The van der Waals surface area contributed by atoms with Crippen molar-refractivity contribution in [3.8, 4) is 0 Å². The molecule has 1 nitrogen and oxygen atoms in total. The standard InChI is InChI=1S/C8H6Cl3IO/c1-5(8(12)13)7(11)4-6(10)2-3-9/h2,4H,1,3H2/b6-2+,7-4+. The zero-order chi connectivity index (χ0) is 10.4. The number of carbonyl (C=O) groups excluding carboxylic acids is 1. The highest BCUT2D eigenvalue weighted by molar-refractivity contribution is 14.1. The highest BCUT2D eigenvalue weighted by atomic mass is 127. The average Bonchev–Trinajstić information content (AvgIpc) is 2.03. The molecule has 0 radical (unpaired) electrons. The van der Waals surface area contributed by atoms with Crippen LogP contribution in [0.25, 0.3) is 0 Å². The van der Waals surface area contributed by atoms with E-state index in [2.05, 4.69) is 6.58 Å². The topological polar surface area (TPSA) is 17.1 Å². The van der Waals surface area contributed by atoms with E-state index in [4.69, 9.17) is 34.8 Å². The van der Waals surface area contributed by atoms with Crippen LogP contribution in [0, 0.1) is 0 Å². The van der Waals surface area contributed by atoms with E-state index in [1.807, 2.05) is 0 Å². The SMILES string of the molecule is C=C(C(=O)I)/C(Cl)=C\C(Cl)=C/CCl. The number of halogens is 4. The van der Waals surface area contributed by atoms with Gasteiger partial charge in [0.1, 0.15) is 0 Å². The maximum atomic E-state index is 10.8. The Balaban J connectivity index is 4.59. The molecule has 0 saturated heterocycles. The molecule has 0 bridgehead atoms. The molecule has 0 N–H and O–H groups in total. The van der Waals surface area contributed by atoms with Crippen molar-refractivity contribution in [3.63, 3.8) is 0 Å². The zero-order valence-corrected chi connectivity index (χ0v) is 10.9. The van der Waals surface area contributed by atoms with Gasteiger partial charge < -0.3 is 0 Å². The van der Waals surface area contributed by atoms with Crippen molar-refractivity contribution in [1.29, 1.82) is 0 Å². The van der Waals surface area contributed by atoms with E-state index in [1.165, 1.54) is 6.08 Å². The van der Waals surface area contributed by atoms with Crippen LogP contribution in [-0.2, 0) is 4.79 Å².